The highest BCUT2D eigenvalue weighted by atomic mass is 35.5. The number of nitrogens with one attached hydrogen (secondary N) is 2. The van der Waals surface area contributed by atoms with Crippen LogP contribution in [0.15, 0.2) is 36.9 Å². The number of hydrogen-bond donors (Lipinski definition) is 2. The summed E-state index contributed by atoms with van der Waals surface area (Å²) in [6, 6.07) is 3.95. The molecule has 0 aliphatic rings. The van der Waals surface area contributed by atoms with E-state index >= 15 is 0 Å². The SMILES string of the molecule is CC(C)CC(c1c[nH]c2ncc(Cl)cc12)c1c[nH]c2ncc(Cl)cc12. The monoisotopic (exact) mass is 372 g/mol. The number of hydrogen-bond acceptors (Lipinski definition) is 2. The molecule has 0 amide bonds. The molecule has 0 aliphatic heterocycles. The summed E-state index contributed by atoms with van der Waals surface area (Å²) in [5.74, 6) is 0.724. The minimum absolute atomic E-state index is 0.197. The highest BCUT2D eigenvalue weighted by Crippen LogP contribution is 2.39. The molecule has 0 radical (unpaired) electrons. The molecule has 2 N–H and O–H groups in total. The third kappa shape index (κ3) is 3.00. The minimum atomic E-state index is 0.197. The van der Waals surface area contributed by atoms with Gasteiger partial charge in [-0.15, -0.1) is 0 Å². The molecule has 128 valence electrons. The number of aromatic nitrogens is 4. The Kier molecular flexibility index (Phi) is 4.18. The second-order valence-electron chi connectivity index (χ2n) is 6.77. The normalized spacial score (nSPS) is 12.1. The molecule has 0 aromatic carbocycles. The van der Waals surface area contributed by atoms with E-state index in [1.807, 2.05) is 24.5 Å². The van der Waals surface area contributed by atoms with Crippen molar-refractivity contribution in [2.45, 2.75) is 26.2 Å². The molecule has 6 heteroatoms. The molecule has 4 heterocycles. The number of rotatable bonds is 4. The first-order valence-corrected chi connectivity index (χ1v) is 9.03. The van der Waals surface area contributed by atoms with Crippen LogP contribution in [0.3, 0.4) is 0 Å². The van der Waals surface area contributed by atoms with Gasteiger partial charge in [-0.3, -0.25) is 0 Å². The molecule has 0 atom stereocenters. The summed E-state index contributed by atoms with van der Waals surface area (Å²) in [6.45, 7) is 4.46. The van der Waals surface area contributed by atoms with Crippen molar-refractivity contribution in [3.8, 4) is 0 Å². The van der Waals surface area contributed by atoms with Crippen LogP contribution in [-0.2, 0) is 0 Å². The zero-order valence-electron chi connectivity index (χ0n) is 14.0. The molecule has 0 aliphatic carbocycles. The van der Waals surface area contributed by atoms with Crippen LogP contribution in [0.1, 0.15) is 37.3 Å². The van der Waals surface area contributed by atoms with Crippen LogP contribution >= 0.6 is 23.2 Å². The average Bonchev–Trinajstić information content (AvgIpc) is 3.16. The number of nitrogens with zero attached hydrogens (tertiary/aromatic N) is 2. The number of aromatic amines is 2. The van der Waals surface area contributed by atoms with Gasteiger partial charge in [-0.05, 0) is 35.6 Å². The zero-order valence-corrected chi connectivity index (χ0v) is 15.5. The first-order chi connectivity index (χ1) is 12.0. The molecule has 0 saturated carbocycles. The van der Waals surface area contributed by atoms with Crippen molar-refractivity contribution < 1.29 is 0 Å². The lowest BCUT2D eigenvalue weighted by Crippen LogP contribution is -2.04. The molecule has 0 saturated heterocycles. The Labute approximate surface area is 155 Å². The molecular formula is C19H18Cl2N4. The van der Waals surface area contributed by atoms with Crippen LogP contribution in [0.25, 0.3) is 22.1 Å². The largest absolute Gasteiger partial charge is 0.346 e. The van der Waals surface area contributed by atoms with E-state index < -0.39 is 0 Å². The van der Waals surface area contributed by atoms with Crippen molar-refractivity contribution in [1.29, 1.82) is 0 Å². The highest BCUT2D eigenvalue weighted by molar-refractivity contribution is 6.31. The Morgan fingerprint density at radius 2 is 1.36 bits per heavy atom. The van der Waals surface area contributed by atoms with Crippen LogP contribution in [0, 0.1) is 5.92 Å². The van der Waals surface area contributed by atoms with E-state index in [4.69, 9.17) is 23.2 Å². The summed E-state index contributed by atoms with van der Waals surface area (Å²) in [6.07, 6.45) is 8.41. The molecule has 4 aromatic rings. The molecule has 0 bridgehead atoms. The lowest BCUT2D eigenvalue weighted by molar-refractivity contribution is 0.545. The molecule has 25 heavy (non-hydrogen) atoms. The minimum Gasteiger partial charge on any atom is -0.346 e. The van der Waals surface area contributed by atoms with Gasteiger partial charge in [0.05, 0.1) is 10.0 Å². The Hall–Kier alpha value is -2.04. The van der Waals surface area contributed by atoms with Gasteiger partial charge in [-0.25, -0.2) is 9.97 Å². The third-order valence-corrected chi connectivity index (χ3v) is 4.93. The van der Waals surface area contributed by atoms with E-state index in [2.05, 4.69) is 33.8 Å². The van der Waals surface area contributed by atoms with Crippen molar-refractivity contribution >= 4 is 45.3 Å². The van der Waals surface area contributed by atoms with Crippen molar-refractivity contribution in [1.82, 2.24) is 19.9 Å². The molecule has 0 fully saturated rings. The van der Waals surface area contributed by atoms with Crippen molar-refractivity contribution in [2.75, 3.05) is 0 Å². The fourth-order valence-corrected chi connectivity index (χ4v) is 3.78. The van der Waals surface area contributed by atoms with Gasteiger partial charge >= 0.3 is 0 Å². The smallest absolute Gasteiger partial charge is 0.137 e. The lowest BCUT2D eigenvalue weighted by atomic mass is 9.85. The fourth-order valence-electron chi connectivity index (χ4n) is 3.47. The Bertz CT molecular complexity index is 968. The number of halogens is 2. The van der Waals surface area contributed by atoms with Crippen molar-refractivity contribution in [3.05, 3.63) is 58.1 Å². The summed E-state index contributed by atoms with van der Waals surface area (Å²) in [5, 5.41) is 3.39. The van der Waals surface area contributed by atoms with Gasteiger partial charge in [0.25, 0.3) is 0 Å². The predicted octanol–water partition coefficient (Wildman–Crippen LogP) is 5.92. The number of H-pyrrole nitrogens is 2. The second-order valence-corrected chi connectivity index (χ2v) is 7.64. The van der Waals surface area contributed by atoms with Crippen LogP contribution in [-0.4, -0.2) is 19.9 Å². The Morgan fingerprint density at radius 3 is 1.80 bits per heavy atom. The molecular weight excluding hydrogens is 355 g/mol. The van der Waals surface area contributed by atoms with E-state index in [-0.39, 0.29) is 5.92 Å². The van der Waals surface area contributed by atoms with E-state index in [0.717, 1.165) is 28.5 Å². The van der Waals surface area contributed by atoms with E-state index in [9.17, 15) is 0 Å². The van der Waals surface area contributed by atoms with E-state index in [1.54, 1.807) is 12.4 Å². The van der Waals surface area contributed by atoms with Gasteiger partial charge < -0.3 is 9.97 Å². The first kappa shape index (κ1) is 16.4. The van der Waals surface area contributed by atoms with Gasteiger partial charge in [0.2, 0.25) is 0 Å². The average molecular weight is 373 g/mol. The maximum Gasteiger partial charge on any atom is 0.137 e. The van der Waals surface area contributed by atoms with Gasteiger partial charge in [0.1, 0.15) is 11.3 Å². The summed E-state index contributed by atoms with van der Waals surface area (Å²) in [7, 11) is 0. The summed E-state index contributed by atoms with van der Waals surface area (Å²) < 4.78 is 0. The van der Waals surface area contributed by atoms with Gasteiger partial charge in [0, 0.05) is 41.5 Å². The zero-order chi connectivity index (χ0) is 17.6. The maximum absolute atomic E-state index is 6.19. The summed E-state index contributed by atoms with van der Waals surface area (Å²) >= 11 is 12.4. The number of fused-ring (bicyclic) bond motifs is 2. The molecule has 4 aromatic heterocycles. The summed E-state index contributed by atoms with van der Waals surface area (Å²) in [4.78, 5) is 15.3. The quantitative estimate of drug-likeness (QED) is 0.466. The van der Waals surface area contributed by atoms with Crippen molar-refractivity contribution in [3.63, 3.8) is 0 Å². The van der Waals surface area contributed by atoms with Gasteiger partial charge in [-0.1, -0.05) is 37.0 Å². The van der Waals surface area contributed by atoms with E-state index in [1.165, 1.54) is 11.1 Å². The summed E-state index contributed by atoms with van der Waals surface area (Å²) in [5.41, 5.74) is 4.09. The molecule has 4 rings (SSSR count). The predicted molar refractivity (Wildman–Crippen MR) is 104 cm³/mol. The number of pyridine rings is 2. The second kappa shape index (κ2) is 6.36. The van der Waals surface area contributed by atoms with Crippen LogP contribution < -0.4 is 0 Å². The maximum atomic E-state index is 6.19. The highest BCUT2D eigenvalue weighted by Gasteiger charge is 2.23. The van der Waals surface area contributed by atoms with Crippen LogP contribution in [0.5, 0.6) is 0 Å². The third-order valence-electron chi connectivity index (χ3n) is 4.52. The topological polar surface area (TPSA) is 57.4 Å². The van der Waals surface area contributed by atoms with Crippen LogP contribution in [0.4, 0.5) is 0 Å². The standard InChI is InChI=1S/C19H18Cl2N4/c1-10(2)3-13(16-8-24-18-14(16)4-11(20)6-22-18)17-9-25-19-15(17)5-12(21)7-23-19/h4-10,13H,3H2,1-2H3,(H,22,24)(H,23,25). The van der Waals surface area contributed by atoms with Gasteiger partial charge in [-0.2, -0.15) is 0 Å². The van der Waals surface area contributed by atoms with Crippen LogP contribution in [0.2, 0.25) is 10.0 Å². The fraction of sp³-hybridized carbons (Fsp3) is 0.263. The molecule has 4 nitrogen and oxygen atoms in total. The lowest BCUT2D eigenvalue weighted by Gasteiger charge is -2.18. The molecule has 0 spiro atoms. The Morgan fingerprint density at radius 1 is 0.880 bits per heavy atom. The van der Waals surface area contributed by atoms with Crippen molar-refractivity contribution in [2.24, 2.45) is 5.92 Å². The van der Waals surface area contributed by atoms with Gasteiger partial charge in [0.15, 0.2) is 0 Å². The Balaban J connectivity index is 1.93. The first-order valence-electron chi connectivity index (χ1n) is 8.28. The van der Waals surface area contributed by atoms with E-state index in [0.29, 0.717) is 16.0 Å². The molecule has 0 unspecified atom stereocenters.